The standard InChI is InChI=1S/C17H25BrN2/c1-3-8-19-11-15-6-7-16(17(18)10-15)13-20-9-4-5-14(2)12-20/h5-7,10,19H,3-4,8-9,11-13H2,1-2H3. The molecular weight excluding hydrogens is 312 g/mol. The average molecular weight is 337 g/mol. The van der Waals surface area contributed by atoms with Crippen LogP contribution in [0, 0.1) is 0 Å². The second-order valence-electron chi connectivity index (χ2n) is 5.65. The fourth-order valence-electron chi connectivity index (χ4n) is 2.60. The molecule has 1 aliphatic rings. The molecule has 3 heteroatoms. The van der Waals surface area contributed by atoms with Gasteiger partial charge in [0.15, 0.2) is 0 Å². The molecule has 0 bridgehead atoms. The Kier molecular flexibility index (Phi) is 6.27. The number of benzene rings is 1. The number of nitrogens with one attached hydrogen (secondary N) is 1. The molecule has 0 fully saturated rings. The first-order valence-corrected chi connectivity index (χ1v) is 8.34. The third kappa shape index (κ3) is 4.72. The molecule has 0 saturated heterocycles. The van der Waals surface area contributed by atoms with Gasteiger partial charge in [0.2, 0.25) is 0 Å². The number of rotatable bonds is 6. The van der Waals surface area contributed by atoms with Gasteiger partial charge in [-0.2, -0.15) is 0 Å². The van der Waals surface area contributed by atoms with E-state index in [0.29, 0.717) is 0 Å². The molecule has 1 heterocycles. The van der Waals surface area contributed by atoms with Crippen molar-refractivity contribution in [2.45, 2.75) is 39.8 Å². The molecule has 1 N–H and O–H groups in total. The summed E-state index contributed by atoms with van der Waals surface area (Å²) in [5.41, 5.74) is 4.23. The molecule has 1 aliphatic heterocycles. The van der Waals surface area contributed by atoms with E-state index in [4.69, 9.17) is 0 Å². The number of nitrogens with zero attached hydrogens (tertiary/aromatic N) is 1. The molecule has 2 nitrogen and oxygen atoms in total. The molecule has 1 aromatic rings. The van der Waals surface area contributed by atoms with Gasteiger partial charge in [0, 0.05) is 30.7 Å². The summed E-state index contributed by atoms with van der Waals surface area (Å²) < 4.78 is 1.24. The quantitative estimate of drug-likeness (QED) is 0.621. The predicted octanol–water partition coefficient (Wildman–Crippen LogP) is 4.10. The predicted molar refractivity (Wildman–Crippen MR) is 89.8 cm³/mol. The van der Waals surface area contributed by atoms with Gasteiger partial charge in [0.25, 0.3) is 0 Å². The van der Waals surface area contributed by atoms with Crippen LogP contribution in [0.15, 0.2) is 34.3 Å². The Morgan fingerprint density at radius 1 is 1.35 bits per heavy atom. The number of hydrogen-bond acceptors (Lipinski definition) is 2. The minimum atomic E-state index is 0.957. The molecule has 0 saturated carbocycles. The van der Waals surface area contributed by atoms with Crippen molar-refractivity contribution in [2.24, 2.45) is 0 Å². The Morgan fingerprint density at radius 3 is 2.90 bits per heavy atom. The van der Waals surface area contributed by atoms with E-state index in [2.05, 4.69) is 64.3 Å². The first kappa shape index (κ1) is 15.7. The highest BCUT2D eigenvalue weighted by atomic mass is 79.9. The topological polar surface area (TPSA) is 15.3 Å². The van der Waals surface area contributed by atoms with E-state index >= 15 is 0 Å². The molecule has 0 aliphatic carbocycles. The van der Waals surface area contributed by atoms with Crippen LogP contribution in [-0.2, 0) is 13.1 Å². The average Bonchev–Trinajstić information content (AvgIpc) is 2.42. The van der Waals surface area contributed by atoms with E-state index in [-0.39, 0.29) is 0 Å². The lowest BCUT2D eigenvalue weighted by atomic mass is 10.1. The van der Waals surface area contributed by atoms with Crippen molar-refractivity contribution >= 4 is 15.9 Å². The van der Waals surface area contributed by atoms with Crippen LogP contribution in [0.3, 0.4) is 0 Å². The van der Waals surface area contributed by atoms with E-state index in [1.54, 1.807) is 0 Å². The summed E-state index contributed by atoms with van der Waals surface area (Å²) in [5.74, 6) is 0. The summed E-state index contributed by atoms with van der Waals surface area (Å²) in [4.78, 5) is 2.52. The zero-order chi connectivity index (χ0) is 14.4. The summed E-state index contributed by atoms with van der Waals surface area (Å²) in [7, 11) is 0. The first-order valence-electron chi connectivity index (χ1n) is 7.55. The van der Waals surface area contributed by atoms with Crippen LogP contribution in [0.25, 0.3) is 0 Å². The van der Waals surface area contributed by atoms with Crippen molar-refractivity contribution in [1.82, 2.24) is 10.2 Å². The van der Waals surface area contributed by atoms with Crippen molar-refractivity contribution in [3.8, 4) is 0 Å². The maximum Gasteiger partial charge on any atom is 0.0248 e. The highest BCUT2D eigenvalue weighted by molar-refractivity contribution is 9.10. The Bertz CT molecular complexity index is 468. The largest absolute Gasteiger partial charge is 0.313 e. The smallest absolute Gasteiger partial charge is 0.0248 e. The highest BCUT2D eigenvalue weighted by Crippen LogP contribution is 2.22. The fraction of sp³-hybridized carbons (Fsp3) is 0.529. The fourth-order valence-corrected chi connectivity index (χ4v) is 3.16. The van der Waals surface area contributed by atoms with E-state index < -0.39 is 0 Å². The maximum absolute atomic E-state index is 3.73. The number of hydrogen-bond donors (Lipinski definition) is 1. The van der Waals surface area contributed by atoms with Crippen molar-refractivity contribution in [2.75, 3.05) is 19.6 Å². The third-order valence-electron chi connectivity index (χ3n) is 3.68. The van der Waals surface area contributed by atoms with E-state index in [1.165, 1.54) is 40.6 Å². The third-order valence-corrected chi connectivity index (χ3v) is 4.42. The molecule has 0 amide bonds. The second-order valence-corrected chi connectivity index (χ2v) is 6.51. The lowest BCUT2D eigenvalue weighted by Crippen LogP contribution is -2.29. The summed E-state index contributed by atoms with van der Waals surface area (Å²) in [5, 5.41) is 3.45. The molecule has 110 valence electrons. The van der Waals surface area contributed by atoms with Crippen molar-refractivity contribution in [3.05, 3.63) is 45.4 Å². The van der Waals surface area contributed by atoms with Crippen molar-refractivity contribution in [3.63, 3.8) is 0 Å². The van der Waals surface area contributed by atoms with E-state index in [0.717, 1.165) is 26.2 Å². The maximum atomic E-state index is 3.73. The van der Waals surface area contributed by atoms with Gasteiger partial charge in [-0.05, 0) is 43.5 Å². The first-order chi connectivity index (χ1) is 9.69. The van der Waals surface area contributed by atoms with Crippen LogP contribution in [0.2, 0.25) is 0 Å². The van der Waals surface area contributed by atoms with Crippen LogP contribution in [0.1, 0.15) is 37.8 Å². The molecule has 0 radical (unpaired) electrons. The summed E-state index contributed by atoms with van der Waals surface area (Å²) in [6.45, 7) is 9.77. The molecule has 1 aromatic carbocycles. The van der Waals surface area contributed by atoms with E-state index in [9.17, 15) is 0 Å². The Labute approximate surface area is 131 Å². The molecule has 20 heavy (non-hydrogen) atoms. The van der Waals surface area contributed by atoms with Gasteiger partial charge in [-0.25, -0.2) is 0 Å². The van der Waals surface area contributed by atoms with Gasteiger partial charge in [0.1, 0.15) is 0 Å². The van der Waals surface area contributed by atoms with E-state index in [1.807, 2.05) is 0 Å². The monoisotopic (exact) mass is 336 g/mol. The van der Waals surface area contributed by atoms with Gasteiger partial charge in [-0.3, -0.25) is 4.90 Å². The van der Waals surface area contributed by atoms with Crippen LogP contribution < -0.4 is 5.32 Å². The zero-order valence-corrected chi connectivity index (χ0v) is 14.2. The highest BCUT2D eigenvalue weighted by Gasteiger charge is 2.12. The van der Waals surface area contributed by atoms with Gasteiger partial charge < -0.3 is 5.32 Å². The van der Waals surface area contributed by atoms with Gasteiger partial charge in [0.05, 0.1) is 0 Å². The van der Waals surface area contributed by atoms with Crippen LogP contribution in [0.4, 0.5) is 0 Å². The summed E-state index contributed by atoms with van der Waals surface area (Å²) >= 11 is 3.73. The van der Waals surface area contributed by atoms with Gasteiger partial charge >= 0.3 is 0 Å². The Hall–Kier alpha value is -0.640. The molecule has 0 spiro atoms. The molecule has 0 aromatic heterocycles. The SMILES string of the molecule is CCCNCc1ccc(CN2CCC=C(C)C2)c(Br)c1. The van der Waals surface area contributed by atoms with Crippen molar-refractivity contribution < 1.29 is 0 Å². The van der Waals surface area contributed by atoms with Crippen molar-refractivity contribution in [1.29, 1.82) is 0 Å². The van der Waals surface area contributed by atoms with Gasteiger partial charge in [-0.15, -0.1) is 0 Å². The van der Waals surface area contributed by atoms with Crippen LogP contribution in [0.5, 0.6) is 0 Å². The lowest BCUT2D eigenvalue weighted by molar-refractivity contribution is 0.282. The van der Waals surface area contributed by atoms with Crippen LogP contribution in [-0.4, -0.2) is 24.5 Å². The second kappa shape index (κ2) is 7.96. The lowest BCUT2D eigenvalue weighted by Gasteiger charge is -2.26. The normalized spacial score (nSPS) is 16.2. The molecular formula is C17H25BrN2. The summed E-state index contributed by atoms with van der Waals surface area (Å²) in [6.07, 6.45) is 4.72. The zero-order valence-electron chi connectivity index (χ0n) is 12.6. The molecule has 0 unspecified atom stereocenters. The minimum Gasteiger partial charge on any atom is -0.313 e. The summed E-state index contributed by atoms with van der Waals surface area (Å²) in [6, 6.07) is 6.76. The minimum absolute atomic E-state index is 0.957. The molecule has 2 rings (SSSR count). The number of halogens is 1. The van der Waals surface area contributed by atoms with Gasteiger partial charge in [-0.1, -0.05) is 46.6 Å². The molecule has 0 atom stereocenters. The Morgan fingerprint density at radius 2 is 2.20 bits per heavy atom. The Balaban J connectivity index is 1.93. The van der Waals surface area contributed by atoms with Crippen LogP contribution >= 0.6 is 15.9 Å².